The molecule has 0 bridgehead atoms. The Morgan fingerprint density at radius 2 is 1.66 bits per heavy atom. The number of para-hydroxylation sites is 1. The third-order valence-corrected chi connectivity index (χ3v) is 8.09. The second kappa shape index (κ2) is 10.1. The minimum absolute atomic E-state index is 0.113. The summed E-state index contributed by atoms with van der Waals surface area (Å²) in [6.45, 7) is 4.83. The number of aliphatic hydroxyl groups is 1. The number of Topliss-reactive ketones (excluding diaryl/α,β-unsaturated/α-hetero) is 2. The van der Waals surface area contributed by atoms with Gasteiger partial charge in [-0.25, -0.2) is 9.97 Å². The molecule has 1 N–H and O–H groups in total. The molecule has 9 nitrogen and oxygen atoms in total. The van der Waals surface area contributed by atoms with Crippen LogP contribution in [0.1, 0.15) is 45.3 Å². The molecule has 0 aliphatic carbocycles. The van der Waals surface area contributed by atoms with Crippen LogP contribution < -0.4 is 9.64 Å². The molecule has 5 aromatic rings. The lowest BCUT2D eigenvalue weighted by atomic mass is 9.96. The van der Waals surface area contributed by atoms with Crippen molar-refractivity contribution < 1.29 is 24.2 Å². The van der Waals surface area contributed by atoms with Crippen molar-refractivity contribution in [2.45, 2.75) is 26.8 Å². The summed E-state index contributed by atoms with van der Waals surface area (Å²) in [5, 5.41) is 11.9. The van der Waals surface area contributed by atoms with Crippen molar-refractivity contribution in [2.75, 3.05) is 4.90 Å². The smallest absolute Gasteiger partial charge is 0.301 e. The fraction of sp³-hybridized carbons (Fsp3) is 0.129. The largest absolute Gasteiger partial charge is 0.505 e. The van der Waals surface area contributed by atoms with Gasteiger partial charge in [0.2, 0.25) is 0 Å². The highest BCUT2D eigenvalue weighted by atomic mass is 32.1. The first-order valence-corrected chi connectivity index (χ1v) is 13.6. The number of aliphatic hydroxyl groups excluding tert-OH is 1. The molecule has 0 saturated carbocycles. The van der Waals surface area contributed by atoms with Gasteiger partial charge in [-0.05, 0) is 55.8 Å². The molecule has 0 spiro atoms. The van der Waals surface area contributed by atoms with Crippen molar-refractivity contribution in [2.24, 2.45) is 0 Å². The molecule has 3 aromatic heterocycles. The Morgan fingerprint density at radius 1 is 0.927 bits per heavy atom. The number of hydrogen-bond acceptors (Lipinski definition) is 8. The number of fused-ring (bicyclic) bond motifs is 1. The molecule has 1 aliphatic heterocycles. The van der Waals surface area contributed by atoms with Crippen LogP contribution in [0.25, 0.3) is 11.4 Å². The molecule has 1 amide bonds. The highest BCUT2D eigenvalue weighted by molar-refractivity contribution is 7.18. The third kappa shape index (κ3) is 4.48. The zero-order valence-electron chi connectivity index (χ0n) is 22.4. The minimum atomic E-state index is -1.05. The number of aryl methyl sites for hydroxylation is 2. The summed E-state index contributed by atoms with van der Waals surface area (Å²) in [6, 6.07) is 20.5. The van der Waals surface area contributed by atoms with E-state index in [0.717, 1.165) is 11.3 Å². The van der Waals surface area contributed by atoms with Gasteiger partial charge in [0.25, 0.3) is 5.78 Å². The molecule has 6 rings (SSSR count). The van der Waals surface area contributed by atoms with Gasteiger partial charge in [-0.3, -0.25) is 23.7 Å². The van der Waals surface area contributed by atoms with Crippen molar-refractivity contribution in [3.8, 4) is 11.5 Å². The summed E-state index contributed by atoms with van der Waals surface area (Å²) in [6.07, 6.45) is 1.73. The van der Waals surface area contributed by atoms with Crippen molar-refractivity contribution in [1.82, 2.24) is 14.4 Å². The van der Waals surface area contributed by atoms with E-state index < -0.39 is 17.7 Å². The molecule has 1 aliphatic rings. The van der Waals surface area contributed by atoms with Crippen molar-refractivity contribution in [3.63, 3.8) is 0 Å². The van der Waals surface area contributed by atoms with Crippen molar-refractivity contribution in [3.05, 3.63) is 112 Å². The molecule has 1 unspecified atom stereocenters. The molecule has 41 heavy (non-hydrogen) atoms. The summed E-state index contributed by atoms with van der Waals surface area (Å²) in [5.41, 5.74) is 2.23. The van der Waals surface area contributed by atoms with Crippen LogP contribution in [0.5, 0.6) is 11.5 Å². The molecular weight excluding hydrogens is 540 g/mol. The van der Waals surface area contributed by atoms with Gasteiger partial charge in [-0.1, -0.05) is 47.7 Å². The summed E-state index contributed by atoms with van der Waals surface area (Å²) < 4.78 is 7.71. The van der Waals surface area contributed by atoms with Crippen molar-refractivity contribution in [1.29, 1.82) is 0 Å². The Morgan fingerprint density at radius 3 is 2.39 bits per heavy atom. The molecule has 4 heterocycles. The van der Waals surface area contributed by atoms with Gasteiger partial charge < -0.3 is 9.84 Å². The van der Waals surface area contributed by atoms with E-state index in [0.29, 0.717) is 44.7 Å². The van der Waals surface area contributed by atoms with Gasteiger partial charge in [-0.15, -0.1) is 0 Å². The van der Waals surface area contributed by atoms with E-state index in [1.807, 2.05) is 36.4 Å². The average Bonchev–Trinajstić information content (AvgIpc) is 3.59. The molecular formula is C31H24N4O5S. The predicted octanol–water partition coefficient (Wildman–Crippen LogP) is 6.03. The van der Waals surface area contributed by atoms with E-state index in [1.54, 1.807) is 60.8 Å². The molecule has 1 saturated heterocycles. The molecule has 204 valence electrons. The maximum atomic E-state index is 13.7. The summed E-state index contributed by atoms with van der Waals surface area (Å²) in [4.78, 5) is 50.2. The summed E-state index contributed by atoms with van der Waals surface area (Å²) in [7, 11) is 0. The first kappa shape index (κ1) is 26.1. The number of pyridine rings is 1. The third-order valence-electron chi connectivity index (χ3n) is 6.84. The van der Waals surface area contributed by atoms with Gasteiger partial charge >= 0.3 is 5.91 Å². The number of hydrogen-bond donors (Lipinski definition) is 1. The number of aromatic nitrogens is 3. The number of thiazole rings is 1. The number of imidazole rings is 1. The number of amides is 1. The first-order chi connectivity index (χ1) is 19.7. The lowest BCUT2D eigenvalue weighted by molar-refractivity contribution is -0.132. The van der Waals surface area contributed by atoms with Crippen LogP contribution in [0.15, 0.2) is 84.6 Å². The summed E-state index contributed by atoms with van der Waals surface area (Å²) >= 11 is 1.03. The lowest BCUT2D eigenvalue weighted by Crippen LogP contribution is -2.29. The zero-order chi connectivity index (χ0) is 28.8. The number of carbonyl (C=O) groups excluding carboxylic acids is 3. The van der Waals surface area contributed by atoms with Crippen LogP contribution in [0.4, 0.5) is 5.13 Å². The first-order valence-electron chi connectivity index (χ1n) is 12.8. The van der Waals surface area contributed by atoms with E-state index >= 15 is 0 Å². The monoisotopic (exact) mass is 564 g/mol. The molecule has 0 radical (unpaired) electrons. The number of nitrogens with zero attached hydrogens (tertiary/aromatic N) is 4. The second-order valence-corrected chi connectivity index (χ2v) is 10.6. The Kier molecular flexibility index (Phi) is 6.47. The van der Waals surface area contributed by atoms with Gasteiger partial charge in [0, 0.05) is 13.1 Å². The summed E-state index contributed by atoms with van der Waals surface area (Å²) in [5.74, 6) is -1.20. The molecule has 10 heteroatoms. The van der Waals surface area contributed by atoms with Crippen LogP contribution in [-0.2, 0) is 9.59 Å². The van der Waals surface area contributed by atoms with Crippen LogP contribution in [0.2, 0.25) is 0 Å². The number of carbonyl (C=O) groups is 3. The average molecular weight is 565 g/mol. The van der Waals surface area contributed by atoms with Gasteiger partial charge in [-0.2, -0.15) is 0 Å². The standard InChI is InChI=1S/C31H24N4O5S/c1-17-25(34-15-8-7-14-23(34)32-17)27(37)24-26(20-10-9-13-22(16-20)40-21-11-5-4-6-12-21)35(30(39)28(24)38)31-33-18(2)29(41-31)19(3)36/h4-16,26,37H,1-3H3. The highest BCUT2D eigenvalue weighted by Crippen LogP contribution is 2.45. The number of rotatable bonds is 6. The molecule has 2 aromatic carbocycles. The number of ketones is 2. The van der Waals surface area contributed by atoms with Crippen LogP contribution in [0.3, 0.4) is 0 Å². The topological polar surface area (TPSA) is 114 Å². The normalized spacial score (nSPS) is 16.5. The van der Waals surface area contributed by atoms with E-state index in [-0.39, 0.29) is 22.2 Å². The molecule has 1 fully saturated rings. The van der Waals surface area contributed by atoms with Crippen LogP contribution in [-0.4, -0.2) is 36.9 Å². The Labute approximate surface area is 239 Å². The van der Waals surface area contributed by atoms with E-state index in [4.69, 9.17) is 4.74 Å². The Balaban J connectivity index is 1.56. The van der Waals surface area contributed by atoms with E-state index in [1.165, 1.54) is 11.8 Å². The molecule has 1 atom stereocenters. The van der Waals surface area contributed by atoms with Crippen molar-refractivity contribution >= 4 is 45.3 Å². The maximum Gasteiger partial charge on any atom is 0.301 e. The van der Waals surface area contributed by atoms with E-state index in [2.05, 4.69) is 9.97 Å². The highest BCUT2D eigenvalue weighted by Gasteiger charge is 2.49. The Hall–Kier alpha value is -5.09. The van der Waals surface area contributed by atoms with E-state index in [9.17, 15) is 19.5 Å². The SMILES string of the molecule is CC(=O)c1sc(N2C(=O)C(=O)C(=C(O)c3c(C)nc4ccccn34)C2c2cccc(Oc3ccccc3)c2)nc1C. The quantitative estimate of drug-likeness (QED) is 0.116. The fourth-order valence-electron chi connectivity index (χ4n) is 5.06. The second-order valence-electron chi connectivity index (χ2n) is 9.60. The van der Waals surface area contributed by atoms with Gasteiger partial charge in [0.05, 0.1) is 27.9 Å². The number of anilines is 1. The van der Waals surface area contributed by atoms with Gasteiger partial charge in [0.1, 0.15) is 22.8 Å². The number of benzene rings is 2. The van der Waals surface area contributed by atoms with Crippen LogP contribution >= 0.6 is 11.3 Å². The minimum Gasteiger partial charge on any atom is -0.505 e. The maximum absolute atomic E-state index is 13.7. The van der Waals surface area contributed by atoms with Crippen LogP contribution in [0, 0.1) is 13.8 Å². The fourth-order valence-corrected chi connectivity index (χ4v) is 6.05. The number of ether oxygens (including phenoxy) is 1. The predicted molar refractivity (Wildman–Crippen MR) is 155 cm³/mol. The zero-order valence-corrected chi connectivity index (χ0v) is 23.2. The Bertz CT molecular complexity index is 1890. The van der Waals surface area contributed by atoms with Gasteiger partial charge in [0.15, 0.2) is 16.7 Å². The lowest BCUT2D eigenvalue weighted by Gasteiger charge is -2.23.